The van der Waals surface area contributed by atoms with E-state index in [2.05, 4.69) is 36.1 Å². The third-order valence-electron chi connectivity index (χ3n) is 2.32. The second kappa shape index (κ2) is 11.9. The number of H-pyrrole nitrogens is 1. The summed E-state index contributed by atoms with van der Waals surface area (Å²) in [4.78, 5) is 36.4. The second-order valence-electron chi connectivity index (χ2n) is 5.84. The molecule has 0 fully saturated rings. The molecule has 0 atom stereocenters. The molecule has 0 saturated heterocycles. The smallest absolute Gasteiger partial charge is 0.414 e. The van der Waals surface area contributed by atoms with Gasteiger partial charge < -0.3 is 30.7 Å². The van der Waals surface area contributed by atoms with Gasteiger partial charge >= 0.3 is 18.0 Å². The van der Waals surface area contributed by atoms with Crippen molar-refractivity contribution in [2.75, 3.05) is 13.2 Å². The van der Waals surface area contributed by atoms with E-state index >= 15 is 0 Å². The van der Waals surface area contributed by atoms with Crippen LogP contribution in [0, 0.1) is 5.41 Å². The van der Waals surface area contributed by atoms with Gasteiger partial charge in [-0.2, -0.15) is 0 Å². The number of rotatable bonds is 5. The van der Waals surface area contributed by atoms with Crippen LogP contribution in [0.3, 0.4) is 0 Å². The number of amides is 1. The first-order valence-corrected chi connectivity index (χ1v) is 6.96. The van der Waals surface area contributed by atoms with E-state index in [9.17, 15) is 4.79 Å². The SMILES string of the molecule is CC(C)(C)CNC(=O)OCCCc1cnc[nH]1.O.O=C(O)C(=O)O. The first-order valence-electron chi connectivity index (χ1n) is 6.96. The third kappa shape index (κ3) is 14.3. The van der Waals surface area contributed by atoms with Crippen molar-refractivity contribution in [2.24, 2.45) is 5.41 Å². The Balaban J connectivity index is 0. The molecule has 1 amide bonds. The summed E-state index contributed by atoms with van der Waals surface area (Å²) in [5.74, 6) is -3.65. The van der Waals surface area contributed by atoms with Gasteiger partial charge in [-0.25, -0.2) is 19.4 Å². The predicted molar refractivity (Wildman–Crippen MR) is 84.6 cm³/mol. The average Bonchev–Trinajstić information content (AvgIpc) is 2.94. The number of aromatic nitrogens is 2. The molecule has 10 nitrogen and oxygen atoms in total. The molecule has 0 aliphatic carbocycles. The van der Waals surface area contributed by atoms with Gasteiger partial charge in [0.15, 0.2) is 0 Å². The molecule has 0 bridgehead atoms. The number of alkyl carbamates (subject to hydrolysis) is 1. The first-order chi connectivity index (χ1) is 10.6. The molecular weight excluding hydrogens is 322 g/mol. The minimum Gasteiger partial charge on any atom is -0.473 e. The van der Waals surface area contributed by atoms with Crippen molar-refractivity contribution in [3.63, 3.8) is 0 Å². The highest BCUT2D eigenvalue weighted by Gasteiger charge is 2.12. The number of carboxylic acid groups (broad SMARTS) is 2. The zero-order valence-corrected chi connectivity index (χ0v) is 14.0. The summed E-state index contributed by atoms with van der Waals surface area (Å²) < 4.78 is 5.05. The molecule has 24 heavy (non-hydrogen) atoms. The summed E-state index contributed by atoms with van der Waals surface area (Å²) in [6.45, 7) is 7.23. The Morgan fingerprint density at radius 1 is 1.25 bits per heavy atom. The van der Waals surface area contributed by atoms with Crippen molar-refractivity contribution in [1.82, 2.24) is 15.3 Å². The van der Waals surface area contributed by atoms with E-state index in [-0.39, 0.29) is 17.0 Å². The quantitative estimate of drug-likeness (QED) is 0.441. The van der Waals surface area contributed by atoms with Crippen LogP contribution in [0.1, 0.15) is 32.9 Å². The van der Waals surface area contributed by atoms with E-state index < -0.39 is 11.9 Å². The van der Waals surface area contributed by atoms with Crippen molar-refractivity contribution in [1.29, 1.82) is 0 Å². The molecule has 0 aromatic carbocycles. The number of ether oxygens (including phenoxy) is 1. The topological polar surface area (TPSA) is 173 Å². The molecule has 0 unspecified atom stereocenters. The molecule has 0 saturated carbocycles. The number of carbonyl (C=O) groups is 3. The van der Waals surface area contributed by atoms with Crippen LogP contribution in [0.4, 0.5) is 4.79 Å². The first kappa shape index (κ1) is 23.6. The fourth-order valence-electron chi connectivity index (χ4n) is 1.24. The number of aliphatic carboxylic acids is 2. The van der Waals surface area contributed by atoms with Crippen molar-refractivity contribution >= 4 is 18.0 Å². The van der Waals surface area contributed by atoms with Gasteiger partial charge in [0.25, 0.3) is 0 Å². The highest BCUT2D eigenvalue weighted by atomic mass is 16.5. The van der Waals surface area contributed by atoms with E-state index in [1.807, 2.05) is 0 Å². The lowest BCUT2D eigenvalue weighted by Crippen LogP contribution is -2.32. The molecule has 1 heterocycles. The number of hydrogen-bond donors (Lipinski definition) is 4. The van der Waals surface area contributed by atoms with Crippen LogP contribution >= 0.6 is 0 Å². The lowest BCUT2D eigenvalue weighted by atomic mass is 9.97. The van der Waals surface area contributed by atoms with Crippen LogP contribution in [0.25, 0.3) is 0 Å². The van der Waals surface area contributed by atoms with Gasteiger partial charge in [0.2, 0.25) is 0 Å². The van der Waals surface area contributed by atoms with Gasteiger partial charge in [-0.15, -0.1) is 0 Å². The van der Waals surface area contributed by atoms with E-state index in [4.69, 9.17) is 24.5 Å². The van der Waals surface area contributed by atoms with Gasteiger partial charge in [-0.05, 0) is 18.3 Å². The van der Waals surface area contributed by atoms with Crippen LogP contribution in [0.15, 0.2) is 12.5 Å². The molecule has 10 heteroatoms. The molecule has 1 rings (SSSR count). The van der Waals surface area contributed by atoms with Gasteiger partial charge in [0.1, 0.15) is 0 Å². The van der Waals surface area contributed by atoms with E-state index in [0.717, 1.165) is 18.5 Å². The van der Waals surface area contributed by atoms with Crippen LogP contribution < -0.4 is 5.32 Å². The number of carbonyl (C=O) groups excluding carboxylic acids is 1. The van der Waals surface area contributed by atoms with Gasteiger partial charge in [0.05, 0.1) is 12.9 Å². The normalized spacial score (nSPS) is 9.79. The van der Waals surface area contributed by atoms with Crippen molar-refractivity contribution in [2.45, 2.75) is 33.6 Å². The van der Waals surface area contributed by atoms with Gasteiger partial charge in [-0.3, -0.25) is 0 Å². The Morgan fingerprint density at radius 3 is 2.25 bits per heavy atom. The maximum atomic E-state index is 11.3. The summed E-state index contributed by atoms with van der Waals surface area (Å²) in [6, 6.07) is 0. The molecule has 0 radical (unpaired) electrons. The van der Waals surface area contributed by atoms with Crippen LogP contribution in [-0.4, -0.2) is 56.8 Å². The highest BCUT2D eigenvalue weighted by Crippen LogP contribution is 2.10. The Labute approximate surface area is 139 Å². The van der Waals surface area contributed by atoms with E-state index in [0.29, 0.717) is 13.2 Å². The number of nitrogens with one attached hydrogen (secondary N) is 2. The van der Waals surface area contributed by atoms with Crippen molar-refractivity contribution < 1.29 is 34.8 Å². The maximum Gasteiger partial charge on any atom is 0.414 e. The molecule has 0 spiro atoms. The number of nitrogens with zero attached hydrogens (tertiary/aromatic N) is 1. The maximum absolute atomic E-state index is 11.3. The molecule has 1 aromatic rings. The van der Waals surface area contributed by atoms with E-state index in [1.54, 1.807) is 12.5 Å². The summed E-state index contributed by atoms with van der Waals surface area (Å²) in [6.07, 6.45) is 4.72. The van der Waals surface area contributed by atoms with Crippen LogP contribution in [-0.2, 0) is 20.7 Å². The lowest BCUT2D eigenvalue weighted by Gasteiger charge is -2.18. The summed E-state index contributed by atoms with van der Waals surface area (Å²) in [7, 11) is 0. The van der Waals surface area contributed by atoms with E-state index in [1.165, 1.54) is 0 Å². The molecule has 6 N–H and O–H groups in total. The molecule has 138 valence electrons. The summed E-state index contributed by atoms with van der Waals surface area (Å²) >= 11 is 0. The minimum absolute atomic E-state index is 0. The largest absolute Gasteiger partial charge is 0.473 e. The predicted octanol–water partition coefficient (Wildman–Crippen LogP) is 0.446. The van der Waals surface area contributed by atoms with Gasteiger partial charge in [0, 0.05) is 18.4 Å². The average molecular weight is 347 g/mol. The minimum atomic E-state index is -1.82. The molecule has 1 aromatic heterocycles. The van der Waals surface area contributed by atoms with Gasteiger partial charge in [-0.1, -0.05) is 20.8 Å². The number of imidazole rings is 1. The fourth-order valence-corrected chi connectivity index (χ4v) is 1.24. The zero-order chi connectivity index (χ0) is 17.9. The Morgan fingerprint density at radius 2 is 1.83 bits per heavy atom. The number of aryl methyl sites for hydroxylation is 1. The third-order valence-corrected chi connectivity index (χ3v) is 2.32. The highest BCUT2D eigenvalue weighted by molar-refractivity contribution is 6.27. The van der Waals surface area contributed by atoms with Crippen LogP contribution in [0.5, 0.6) is 0 Å². The monoisotopic (exact) mass is 347 g/mol. The zero-order valence-electron chi connectivity index (χ0n) is 14.0. The number of carboxylic acids is 2. The molecular formula is C14H25N3O7. The van der Waals surface area contributed by atoms with Crippen molar-refractivity contribution in [3.8, 4) is 0 Å². The number of aromatic amines is 1. The molecule has 0 aliphatic heterocycles. The fraction of sp³-hybridized carbons (Fsp3) is 0.571. The standard InChI is InChI=1S/C12H21N3O2.C2H2O4.H2O/c1-12(2,3)8-14-11(16)17-6-4-5-10-7-13-9-15-10;3-1(4)2(5)6;/h7,9H,4-6,8H2,1-3H3,(H,13,15)(H,14,16);(H,3,4)(H,5,6);1H2. The number of hydrogen-bond acceptors (Lipinski definition) is 5. The Bertz CT molecular complexity index is 483. The summed E-state index contributed by atoms with van der Waals surface area (Å²) in [5, 5.41) is 17.5. The molecule has 0 aliphatic rings. The lowest BCUT2D eigenvalue weighted by molar-refractivity contribution is -0.159. The van der Waals surface area contributed by atoms with Crippen LogP contribution in [0.2, 0.25) is 0 Å². The second-order valence-corrected chi connectivity index (χ2v) is 5.84. The Hall–Kier alpha value is -2.62. The Kier molecular flexibility index (Phi) is 11.7. The van der Waals surface area contributed by atoms with Crippen molar-refractivity contribution in [3.05, 3.63) is 18.2 Å². The summed E-state index contributed by atoms with van der Waals surface area (Å²) in [5.41, 5.74) is 1.14.